The molecular weight excluding hydrogens is 160 g/mol. The first-order chi connectivity index (χ1) is 6.34. The van der Waals surface area contributed by atoms with Crippen LogP contribution in [0.3, 0.4) is 0 Å². The van der Waals surface area contributed by atoms with Crippen LogP contribution < -0.4 is 5.73 Å². The van der Waals surface area contributed by atoms with Gasteiger partial charge in [0, 0.05) is 25.2 Å². The minimum atomic E-state index is 0.478. The Morgan fingerprint density at radius 1 is 1.00 bits per heavy atom. The van der Waals surface area contributed by atoms with Gasteiger partial charge >= 0.3 is 0 Å². The minimum absolute atomic E-state index is 0.478. The summed E-state index contributed by atoms with van der Waals surface area (Å²) in [6.45, 7) is 2.73. The molecule has 74 valence electrons. The van der Waals surface area contributed by atoms with E-state index in [1.807, 2.05) is 0 Å². The Hall–Kier alpha value is -0.0800. The smallest absolute Gasteiger partial charge is 0.0247 e. The maximum Gasteiger partial charge on any atom is 0.0247 e. The van der Waals surface area contributed by atoms with Crippen molar-refractivity contribution in [2.75, 3.05) is 13.1 Å². The van der Waals surface area contributed by atoms with E-state index in [9.17, 15) is 0 Å². The first-order valence-corrected chi connectivity index (χ1v) is 5.84. The first kappa shape index (κ1) is 8.25. The Bertz CT molecular complexity index is 194. The lowest BCUT2D eigenvalue weighted by atomic mass is 9.90. The summed E-state index contributed by atoms with van der Waals surface area (Å²) in [7, 11) is 0. The molecule has 0 aromatic rings. The molecule has 4 unspecified atom stereocenters. The van der Waals surface area contributed by atoms with Crippen molar-refractivity contribution in [3.63, 3.8) is 0 Å². The molecule has 13 heavy (non-hydrogen) atoms. The van der Waals surface area contributed by atoms with Crippen LogP contribution in [0, 0.1) is 11.8 Å². The van der Waals surface area contributed by atoms with Gasteiger partial charge in [0.05, 0.1) is 0 Å². The van der Waals surface area contributed by atoms with Gasteiger partial charge in [0.2, 0.25) is 0 Å². The fraction of sp³-hybridized carbons (Fsp3) is 1.00. The molecule has 2 saturated carbocycles. The second kappa shape index (κ2) is 2.96. The van der Waals surface area contributed by atoms with E-state index in [0.29, 0.717) is 6.04 Å². The van der Waals surface area contributed by atoms with Crippen LogP contribution >= 0.6 is 0 Å². The van der Waals surface area contributed by atoms with E-state index in [-0.39, 0.29) is 0 Å². The average Bonchev–Trinajstić information content (AvgIpc) is 2.75. The largest absolute Gasteiger partial charge is 0.326 e. The Balaban J connectivity index is 1.63. The molecule has 0 aromatic heterocycles. The third kappa shape index (κ3) is 1.40. The summed E-state index contributed by atoms with van der Waals surface area (Å²) in [4.78, 5) is 2.68. The zero-order chi connectivity index (χ0) is 8.84. The predicted molar refractivity (Wildman–Crippen MR) is 53.4 cm³/mol. The number of nitrogens with two attached hydrogens (primary N) is 1. The highest BCUT2D eigenvalue weighted by Gasteiger charge is 2.47. The Labute approximate surface area is 80.5 Å². The number of likely N-dealkylation sites (tertiary alicyclic amines) is 1. The van der Waals surface area contributed by atoms with Gasteiger partial charge in [-0.2, -0.15) is 0 Å². The van der Waals surface area contributed by atoms with Gasteiger partial charge in [0.15, 0.2) is 0 Å². The number of piperidine rings is 1. The van der Waals surface area contributed by atoms with Gasteiger partial charge in [0.1, 0.15) is 0 Å². The zero-order valence-electron chi connectivity index (χ0n) is 8.28. The third-order valence-electron chi connectivity index (χ3n) is 4.26. The van der Waals surface area contributed by atoms with Crippen LogP contribution in [0.4, 0.5) is 0 Å². The lowest BCUT2D eigenvalue weighted by Crippen LogP contribution is -2.49. The molecule has 4 atom stereocenters. The maximum absolute atomic E-state index is 6.18. The molecule has 3 fully saturated rings. The van der Waals surface area contributed by atoms with E-state index in [1.54, 1.807) is 0 Å². The molecular formula is C11H20N2. The summed E-state index contributed by atoms with van der Waals surface area (Å²) < 4.78 is 0. The van der Waals surface area contributed by atoms with Gasteiger partial charge in [-0.05, 0) is 31.1 Å². The van der Waals surface area contributed by atoms with Crippen LogP contribution in [0.2, 0.25) is 0 Å². The molecule has 2 aliphatic carbocycles. The standard InChI is InChI=1S/C11H20N2/c12-10-3-1-2-4-11(10)13-6-8-5-9(8)7-13/h8-11H,1-7,12H2. The molecule has 3 aliphatic rings. The summed E-state index contributed by atoms with van der Waals surface area (Å²) in [5.74, 6) is 2.13. The fourth-order valence-corrected chi connectivity index (χ4v) is 3.30. The van der Waals surface area contributed by atoms with Gasteiger partial charge in [-0.3, -0.25) is 4.90 Å². The molecule has 1 aliphatic heterocycles. The van der Waals surface area contributed by atoms with Gasteiger partial charge in [-0.1, -0.05) is 12.8 Å². The second-order valence-electron chi connectivity index (χ2n) is 5.23. The quantitative estimate of drug-likeness (QED) is 0.657. The lowest BCUT2D eigenvalue weighted by molar-refractivity contribution is 0.153. The van der Waals surface area contributed by atoms with Crippen molar-refractivity contribution < 1.29 is 0 Å². The van der Waals surface area contributed by atoms with Crippen molar-refractivity contribution in [2.45, 2.75) is 44.2 Å². The topological polar surface area (TPSA) is 29.3 Å². The van der Waals surface area contributed by atoms with Crippen molar-refractivity contribution in [2.24, 2.45) is 17.6 Å². The summed E-state index contributed by atoms with van der Waals surface area (Å²) in [5, 5.41) is 0. The fourth-order valence-electron chi connectivity index (χ4n) is 3.30. The third-order valence-corrected chi connectivity index (χ3v) is 4.26. The molecule has 0 aromatic carbocycles. The van der Waals surface area contributed by atoms with Crippen LogP contribution in [0.1, 0.15) is 32.1 Å². The second-order valence-corrected chi connectivity index (χ2v) is 5.23. The summed E-state index contributed by atoms with van der Waals surface area (Å²) in [6.07, 6.45) is 6.90. The number of hydrogen-bond acceptors (Lipinski definition) is 2. The predicted octanol–water partition coefficient (Wildman–Crippen LogP) is 1.21. The van der Waals surface area contributed by atoms with Gasteiger partial charge < -0.3 is 5.73 Å². The highest BCUT2D eigenvalue weighted by molar-refractivity contribution is 5.00. The molecule has 0 amide bonds. The molecule has 0 bridgehead atoms. The van der Waals surface area contributed by atoms with Crippen molar-refractivity contribution in [3.8, 4) is 0 Å². The molecule has 2 N–H and O–H groups in total. The Morgan fingerprint density at radius 3 is 2.38 bits per heavy atom. The average molecular weight is 180 g/mol. The Morgan fingerprint density at radius 2 is 1.69 bits per heavy atom. The van der Waals surface area contributed by atoms with Gasteiger partial charge in [-0.25, -0.2) is 0 Å². The molecule has 1 heterocycles. The lowest BCUT2D eigenvalue weighted by Gasteiger charge is -2.36. The summed E-state index contributed by atoms with van der Waals surface area (Å²) in [6, 6.07) is 1.22. The van der Waals surface area contributed by atoms with Crippen LogP contribution in [0.25, 0.3) is 0 Å². The van der Waals surface area contributed by atoms with Crippen molar-refractivity contribution in [1.82, 2.24) is 4.90 Å². The van der Waals surface area contributed by atoms with Crippen molar-refractivity contribution in [1.29, 1.82) is 0 Å². The molecule has 2 heteroatoms. The monoisotopic (exact) mass is 180 g/mol. The SMILES string of the molecule is NC1CCCCC1N1CC2CC2C1. The van der Waals surface area contributed by atoms with Crippen LogP contribution in [-0.4, -0.2) is 30.1 Å². The number of nitrogens with zero attached hydrogens (tertiary/aromatic N) is 1. The van der Waals surface area contributed by atoms with E-state index in [1.165, 1.54) is 45.2 Å². The maximum atomic E-state index is 6.18. The minimum Gasteiger partial charge on any atom is -0.326 e. The van der Waals surface area contributed by atoms with E-state index in [2.05, 4.69) is 4.90 Å². The normalized spacial score (nSPS) is 50.5. The first-order valence-electron chi connectivity index (χ1n) is 5.84. The molecule has 0 radical (unpaired) electrons. The molecule has 0 spiro atoms. The van der Waals surface area contributed by atoms with E-state index in [0.717, 1.165) is 17.9 Å². The van der Waals surface area contributed by atoms with E-state index in [4.69, 9.17) is 5.73 Å². The number of hydrogen-bond donors (Lipinski definition) is 1. The molecule has 2 nitrogen and oxygen atoms in total. The van der Waals surface area contributed by atoms with Crippen LogP contribution in [-0.2, 0) is 0 Å². The summed E-state index contributed by atoms with van der Waals surface area (Å²) >= 11 is 0. The van der Waals surface area contributed by atoms with E-state index >= 15 is 0 Å². The van der Waals surface area contributed by atoms with Crippen molar-refractivity contribution in [3.05, 3.63) is 0 Å². The number of fused-ring (bicyclic) bond motifs is 1. The van der Waals surface area contributed by atoms with Crippen molar-refractivity contribution >= 4 is 0 Å². The summed E-state index contributed by atoms with van der Waals surface area (Å²) in [5.41, 5.74) is 6.18. The Kier molecular flexibility index (Phi) is 1.88. The van der Waals surface area contributed by atoms with Crippen LogP contribution in [0.15, 0.2) is 0 Å². The zero-order valence-corrected chi connectivity index (χ0v) is 8.28. The molecule has 3 rings (SSSR count). The highest BCUT2D eigenvalue weighted by Crippen LogP contribution is 2.46. The van der Waals surface area contributed by atoms with Gasteiger partial charge in [-0.15, -0.1) is 0 Å². The molecule has 1 saturated heterocycles. The number of rotatable bonds is 1. The van der Waals surface area contributed by atoms with Gasteiger partial charge in [0.25, 0.3) is 0 Å². The van der Waals surface area contributed by atoms with E-state index < -0.39 is 0 Å². The van der Waals surface area contributed by atoms with Crippen LogP contribution in [0.5, 0.6) is 0 Å². The highest BCUT2D eigenvalue weighted by atomic mass is 15.2.